The molecular formula is C28H24F4N2O2. The van der Waals surface area contributed by atoms with Crippen molar-refractivity contribution in [1.29, 1.82) is 0 Å². The Hall–Kier alpha value is -3.68. The summed E-state index contributed by atoms with van der Waals surface area (Å²) in [6.45, 7) is 0. The number of aromatic nitrogens is 2. The maximum Gasteiger partial charge on any atom is 0.419 e. The summed E-state index contributed by atoms with van der Waals surface area (Å²) >= 11 is 0. The lowest BCUT2D eigenvalue weighted by molar-refractivity contribution is -0.140. The molecule has 0 amide bonds. The van der Waals surface area contributed by atoms with E-state index in [-0.39, 0.29) is 23.4 Å². The normalized spacial score (nSPS) is 18.4. The van der Waals surface area contributed by atoms with Gasteiger partial charge in [0.05, 0.1) is 16.6 Å². The summed E-state index contributed by atoms with van der Waals surface area (Å²) in [5, 5.41) is 8.99. The molecule has 36 heavy (non-hydrogen) atoms. The van der Waals surface area contributed by atoms with Crippen LogP contribution >= 0.6 is 0 Å². The minimum absolute atomic E-state index is 0.121. The van der Waals surface area contributed by atoms with Gasteiger partial charge in [0.2, 0.25) is 0 Å². The molecule has 0 atom stereocenters. The van der Waals surface area contributed by atoms with E-state index in [9.17, 15) is 22.4 Å². The van der Waals surface area contributed by atoms with Gasteiger partial charge in [0, 0.05) is 18.1 Å². The number of hydrogen-bond acceptors (Lipinski definition) is 2. The number of benzene rings is 3. The van der Waals surface area contributed by atoms with E-state index in [1.54, 1.807) is 0 Å². The summed E-state index contributed by atoms with van der Waals surface area (Å²) in [5.74, 6) is -0.987. The molecule has 1 aromatic heterocycles. The van der Waals surface area contributed by atoms with Crippen molar-refractivity contribution in [2.24, 2.45) is 5.92 Å². The molecule has 186 valence electrons. The summed E-state index contributed by atoms with van der Waals surface area (Å²) in [7, 11) is 0. The molecule has 0 aliphatic heterocycles. The average molecular weight is 497 g/mol. The molecule has 1 aliphatic carbocycles. The molecule has 0 unspecified atom stereocenters. The van der Waals surface area contributed by atoms with Crippen molar-refractivity contribution in [2.45, 2.75) is 44.2 Å². The minimum atomic E-state index is -4.78. The Kier molecular flexibility index (Phi) is 6.28. The highest BCUT2D eigenvalue weighted by molar-refractivity contribution is 5.81. The molecule has 1 saturated carbocycles. The predicted molar refractivity (Wildman–Crippen MR) is 129 cm³/mol. The van der Waals surface area contributed by atoms with Crippen LogP contribution < -0.4 is 0 Å². The second-order valence-electron chi connectivity index (χ2n) is 9.45. The minimum Gasteiger partial charge on any atom is -0.481 e. The van der Waals surface area contributed by atoms with Gasteiger partial charge >= 0.3 is 12.1 Å². The van der Waals surface area contributed by atoms with E-state index in [1.165, 1.54) is 5.56 Å². The van der Waals surface area contributed by atoms with E-state index in [4.69, 9.17) is 5.11 Å². The molecule has 4 nitrogen and oxygen atoms in total. The fraction of sp³-hybridized carbons (Fsp3) is 0.286. The van der Waals surface area contributed by atoms with Gasteiger partial charge in [-0.2, -0.15) is 13.2 Å². The number of aliphatic carboxylic acids is 1. The van der Waals surface area contributed by atoms with Crippen LogP contribution in [0.2, 0.25) is 0 Å². The second kappa shape index (κ2) is 9.41. The van der Waals surface area contributed by atoms with Gasteiger partial charge in [-0.05, 0) is 60.3 Å². The molecule has 2 N–H and O–H groups in total. The van der Waals surface area contributed by atoms with Crippen LogP contribution in [0.5, 0.6) is 0 Å². The summed E-state index contributed by atoms with van der Waals surface area (Å²) in [5.41, 5.74) is 2.89. The van der Waals surface area contributed by atoms with E-state index in [2.05, 4.69) is 34.2 Å². The Bertz CT molecular complexity index is 1380. The first kappa shape index (κ1) is 24.0. The standard InChI is InChI=1S/C28H24F4N2O2/c29-23-15-25-24(14-22(23)28(30,31)32)33-27(34-25)21-11-9-20(10-12-21)19-7-5-18(6-8-19)17-3-1-16(2-4-17)13-26(35)36/h5-12,14-17H,1-4,13H2,(H,33,34)(H,35,36). The van der Waals surface area contributed by atoms with Crippen LogP contribution in [-0.4, -0.2) is 21.0 Å². The van der Waals surface area contributed by atoms with Crippen LogP contribution in [-0.2, 0) is 11.0 Å². The number of nitrogens with zero attached hydrogens (tertiary/aromatic N) is 1. The smallest absolute Gasteiger partial charge is 0.419 e. The van der Waals surface area contributed by atoms with Crippen molar-refractivity contribution in [1.82, 2.24) is 9.97 Å². The number of carboxylic acid groups (broad SMARTS) is 1. The first-order valence-electron chi connectivity index (χ1n) is 11.9. The first-order chi connectivity index (χ1) is 17.2. The molecule has 0 saturated heterocycles. The van der Waals surface area contributed by atoms with Crippen LogP contribution in [0.25, 0.3) is 33.5 Å². The van der Waals surface area contributed by atoms with Crippen molar-refractivity contribution in [2.75, 3.05) is 0 Å². The second-order valence-corrected chi connectivity index (χ2v) is 9.45. The van der Waals surface area contributed by atoms with Crippen molar-refractivity contribution >= 4 is 17.0 Å². The number of carboxylic acids is 1. The van der Waals surface area contributed by atoms with E-state index < -0.39 is 23.5 Å². The maximum atomic E-state index is 13.9. The summed E-state index contributed by atoms with van der Waals surface area (Å²) in [4.78, 5) is 18.1. The number of rotatable bonds is 5. The largest absolute Gasteiger partial charge is 0.481 e. The third kappa shape index (κ3) is 4.98. The Labute approximate surface area is 205 Å². The fourth-order valence-electron chi connectivity index (χ4n) is 5.10. The predicted octanol–water partition coefficient (Wildman–Crippen LogP) is 7.80. The summed E-state index contributed by atoms with van der Waals surface area (Å²) in [6, 6.07) is 17.4. The van der Waals surface area contributed by atoms with Gasteiger partial charge in [-0.25, -0.2) is 9.37 Å². The lowest BCUT2D eigenvalue weighted by Crippen LogP contribution is -2.16. The molecule has 5 rings (SSSR count). The molecule has 8 heteroatoms. The molecular weight excluding hydrogens is 472 g/mol. The lowest BCUT2D eigenvalue weighted by Gasteiger charge is -2.28. The van der Waals surface area contributed by atoms with Gasteiger partial charge in [-0.3, -0.25) is 4.79 Å². The highest BCUT2D eigenvalue weighted by Gasteiger charge is 2.34. The van der Waals surface area contributed by atoms with Crippen LogP contribution in [0.3, 0.4) is 0 Å². The number of nitrogens with one attached hydrogen (secondary N) is 1. The molecule has 1 aliphatic rings. The van der Waals surface area contributed by atoms with Crippen LogP contribution in [0.1, 0.15) is 49.1 Å². The Morgan fingerprint density at radius 3 is 2.08 bits per heavy atom. The van der Waals surface area contributed by atoms with Crippen molar-refractivity contribution in [3.63, 3.8) is 0 Å². The van der Waals surface area contributed by atoms with Gasteiger partial charge in [0.25, 0.3) is 0 Å². The van der Waals surface area contributed by atoms with Crippen molar-refractivity contribution in [3.05, 3.63) is 77.6 Å². The molecule has 0 radical (unpaired) electrons. The zero-order chi connectivity index (χ0) is 25.4. The van der Waals surface area contributed by atoms with E-state index >= 15 is 0 Å². The number of carbonyl (C=O) groups is 1. The number of alkyl halides is 3. The third-order valence-electron chi connectivity index (χ3n) is 7.06. The van der Waals surface area contributed by atoms with Gasteiger partial charge in [0.15, 0.2) is 0 Å². The first-order valence-corrected chi connectivity index (χ1v) is 11.9. The van der Waals surface area contributed by atoms with Crippen LogP contribution in [0, 0.1) is 11.7 Å². The molecule has 0 bridgehead atoms. The molecule has 1 fully saturated rings. The van der Waals surface area contributed by atoms with Gasteiger partial charge < -0.3 is 10.1 Å². The topological polar surface area (TPSA) is 66.0 Å². The van der Waals surface area contributed by atoms with Gasteiger partial charge in [-0.1, -0.05) is 48.5 Å². The number of halogens is 4. The monoisotopic (exact) mass is 496 g/mol. The third-order valence-corrected chi connectivity index (χ3v) is 7.06. The maximum absolute atomic E-state index is 13.9. The zero-order valence-electron chi connectivity index (χ0n) is 19.3. The van der Waals surface area contributed by atoms with Crippen molar-refractivity contribution in [3.8, 4) is 22.5 Å². The van der Waals surface area contributed by atoms with Gasteiger partial charge in [-0.15, -0.1) is 0 Å². The molecule has 3 aromatic carbocycles. The van der Waals surface area contributed by atoms with E-state index in [0.717, 1.165) is 48.9 Å². The quantitative estimate of drug-likeness (QED) is 0.277. The number of hydrogen-bond donors (Lipinski definition) is 2. The Balaban J connectivity index is 1.30. The van der Waals surface area contributed by atoms with Crippen molar-refractivity contribution < 1.29 is 27.5 Å². The zero-order valence-corrected chi connectivity index (χ0v) is 19.3. The van der Waals surface area contributed by atoms with E-state index in [0.29, 0.717) is 17.3 Å². The number of aromatic amines is 1. The lowest BCUT2D eigenvalue weighted by atomic mass is 9.77. The molecule has 1 heterocycles. The highest BCUT2D eigenvalue weighted by Crippen LogP contribution is 2.38. The SMILES string of the molecule is O=C(O)CC1CCC(c2ccc(-c3ccc(-c4nc5cc(F)c(C(F)(F)F)cc5[nH]4)cc3)cc2)CC1. The Morgan fingerprint density at radius 1 is 0.917 bits per heavy atom. The van der Waals surface area contributed by atoms with Gasteiger partial charge in [0.1, 0.15) is 11.6 Å². The molecule has 4 aromatic rings. The molecule has 0 spiro atoms. The number of H-pyrrole nitrogens is 1. The number of imidazole rings is 1. The summed E-state index contributed by atoms with van der Waals surface area (Å²) < 4.78 is 52.9. The summed E-state index contributed by atoms with van der Waals surface area (Å²) in [6.07, 6.45) is -0.657. The Morgan fingerprint density at radius 2 is 1.50 bits per heavy atom. The van der Waals surface area contributed by atoms with Crippen LogP contribution in [0.4, 0.5) is 17.6 Å². The van der Waals surface area contributed by atoms with E-state index in [1.807, 2.05) is 24.3 Å². The fourth-order valence-corrected chi connectivity index (χ4v) is 5.10. The van der Waals surface area contributed by atoms with Crippen LogP contribution in [0.15, 0.2) is 60.7 Å². The highest BCUT2D eigenvalue weighted by atomic mass is 19.4. The average Bonchev–Trinajstić information content (AvgIpc) is 3.26. The number of fused-ring (bicyclic) bond motifs is 1.